The molecule has 0 aromatic carbocycles. The van der Waals surface area contributed by atoms with Crippen molar-refractivity contribution in [3.05, 3.63) is 0 Å². The standard InChI is InChI=1S/C13H22N2O2.ClH/c1-10-11(14-6-8-17-10)12(16)15-7-5-13(9-15)3-2-4-13;/h10-11,14H,2-9H2,1H3;1H/t10-,11+;/m1./s1. The number of amides is 1. The van der Waals surface area contributed by atoms with Gasteiger partial charge in [-0.15, -0.1) is 12.4 Å². The molecule has 3 aliphatic rings. The zero-order chi connectivity index (χ0) is 11.9. The summed E-state index contributed by atoms with van der Waals surface area (Å²) in [7, 11) is 0. The molecule has 0 bridgehead atoms. The molecule has 4 nitrogen and oxygen atoms in total. The number of carbonyl (C=O) groups excluding carboxylic acids is 1. The maximum absolute atomic E-state index is 12.4. The third-order valence-electron chi connectivity index (χ3n) is 4.75. The second kappa shape index (κ2) is 5.35. The van der Waals surface area contributed by atoms with E-state index in [0.29, 0.717) is 5.41 Å². The summed E-state index contributed by atoms with van der Waals surface area (Å²) in [5, 5.41) is 3.29. The number of halogens is 1. The van der Waals surface area contributed by atoms with Gasteiger partial charge in [0.2, 0.25) is 5.91 Å². The third-order valence-corrected chi connectivity index (χ3v) is 4.75. The van der Waals surface area contributed by atoms with Gasteiger partial charge in [0.1, 0.15) is 6.04 Å². The zero-order valence-corrected chi connectivity index (χ0v) is 11.8. The first-order valence-electron chi connectivity index (χ1n) is 6.84. The number of rotatable bonds is 1. The molecule has 3 fully saturated rings. The Labute approximate surface area is 115 Å². The van der Waals surface area contributed by atoms with Crippen LogP contribution in [0.25, 0.3) is 0 Å². The zero-order valence-electron chi connectivity index (χ0n) is 11.0. The first-order valence-corrected chi connectivity index (χ1v) is 6.84. The van der Waals surface area contributed by atoms with Crippen LogP contribution in [0.4, 0.5) is 0 Å². The van der Waals surface area contributed by atoms with Crippen LogP contribution in [-0.2, 0) is 9.53 Å². The van der Waals surface area contributed by atoms with Gasteiger partial charge in [0, 0.05) is 19.6 Å². The van der Waals surface area contributed by atoms with Gasteiger partial charge in [0.25, 0.3) is 0 Å². The summed E-state index contributed by atoms with van der Waals surface area (Å²) >= 11 is 0. The Bertz CT molecular complexity index is 320. The first kappa shape index (κ1) is 14.1. The van der Waals surface area contributed by atoms with E-state index in [-0.39, 0.29) is 30.5 Å². The van der Waals surface area contributed by atoms with Crippen LogP contribution in [-0.4, -0.2) is 49.2 Å². The summed E-state index contributed by atoms with van der Waals surface area (Å²) < 4.78 is 5.55. The van der Waals surface area contributed by atoms with Crippen molar-refractivity contribution < 1.29 is 9.53 Å². The number of hydrogen-bond acceptors (Lipinski definition) is 3. The van der Waals surface area contributed by atoms with Gasteiger partial charge in [-0.3, -0.25) is 4.79 Å². The van der Waals surface area contributed by atoms with Crippen molar-refractivity contribution in [1.29, 1.82) is 0 Å². The van der Waals surface area contributed by atoms with Crippen LogP contribution in [0.1, 0.15) is 32.6 Å². The van der Waals surface area contributed by atoms with Crippen molar-refractivity contribution in [3.8, 4) is 0 Å². The Morgan fingerprint density at radius 2 is 2.17 bits per heavy atom. The minimum atomic E-state index is -0.126. The Balaban J connectivity index is 0.00000120. The van der Waals surface area contributed by atoms with Gasteiger partial charge in [0.05, 0.1) is 12.7 Å². The van der Waals surface area contributed by atoms with Crippen LogP contribution < -0.4 is 5.32 Å². The maximum atomic E-state index is 12.4. The fourth-order valence-corrected chi connectivity index (χ4v) is 3.41. The second-order valence-electron chi connectivity index (χ2n) is 5.87. The molecule has 1 aliphatic carbocycles. The van der Waals surface area contributed by atoms with Crippen LogP contribution in [0.2, 0.25) is 0 Å². The van der Waals surface area contributed by atoms with Crippen molar-refractivity contribution in [3.63, 3.8) is 0 Å². The number of likely N-dealkylation sites (tertiary alicyclic amines) is 1. The minimum absolute atomic E-state index is 0. The van der Waals surface area contributed by atoms with Crippen LogP contribution in [0, 0.1) is 5.41 Å². The van der Waals surface area contributed by atoms with Gasteiger partial charge in [-0.25, -0.2) is 0 Å². The molecule has 3 rings (SSSR count). The van der Waals surface area contributed by atoms with Gasteiger partial charge >= 0.3 is 0 Å². The van der Waals surface area contributed by atoms with Crippen LogP contribution in [0.5, 0.6) is 0 Å². The fraction of sp³-hybridized carbons (Fsp3) is 0.923. The summed E-state index contributed by atoms with van der Waals surface area (Å²) in [6.07, 6.45) is 5.21. The predicted octanol–water partition coefficient (Wildman–Crippen LogP) is 1.19. The van der Waals surface area contributed by atoms with E-state index < -0.39 is 0 Å². The molecule has 2 aliphatic heterocycles. The number of nitrogens with zero attached hydrogens (tertiary/aromatic N) is 1. The molecular weight excluding hydrogens is 252 g/mol. The fourth-order valence-electron chi connectivity index (χ4n) is 3.41. The lowest BCUT2D eigenvalue weighted by Gasteiger charge is -2.39. The molecule has 0 aromatic heterocycles. The number of ether oxygens (including phenoxy) is 1. The Morgan fingerprint density at radius 1 is 1.39 bits per heavy atom. The van der Waals surface area contributed by atoms with E-state index in [9.17, 15) is 4.79 Å². The highest BCUT2D eigenvalue weighted by Gasteiger charge is 2.45. The van der Waals surface area contributed by atoms with E-state index in [2.05, 4.69) is 10.2 Å². The number of hydrogen-bond donors (Lipinski definition) is 1. The Hall–Kier alpha value is -0.320. The van der Waals surface area contributed by atoms with Crippen LogP contribution >= 0.6 is 12.4 Å². The molecule has 18 heavy (non-hydrogen) atoms. The van der Waals surface area contributed by atoms with Gasteiger partial charge in [-0.05, 0) is 31.6 Å². The lowest BCUT2D eigenvalue weighted by Crippen LogP contribution is -2.56. The summed E-state index contributed by atoms with van der Waals surface area (Å²) in [5.41, 5.74) is 0.494. The number of nitrogens with one attached hydrogen (secondary N) is 1. The SMILES string of the molecule is C[C@H]1OCCN[C@@H]1C(=O)N1CCC2(CCC2)C1.Cl. The molecule has 1 N–H and O–H groups in total. The van der Waals surface area contributed by atoms with E-state index in [1.54, 1.807) is 0 Å². The molecule has 0 unspecified atom stereocenters. The summed E-state index contributed by atoms with van der Waals surface area (Å²) in [4.78, 5) is 14.5. The van der Waals surface area contributed by atoms with Crippen molar-refractivity contribution in [2.75, 3.05) is 26.2 Å². The highest BCUT2D eigenvalue weighted by Crippen LogP contribution is 2.48. The van der Waals surface area contributed by atoms with Gasteiger partial charge < -0.3 is 15.0 Å². The van der Waals surface area contributed by atoms with E-state index in [0.717, 1.165) is 26.2 Å². The summed E-state index contributed by atoms with van der Waals surface area (Å²) in [6, 6.07) is -0.126. The smallest absolute Gasteiger partial charge is 0.242 e. The molecule has 1 saturated carbocycles. The largest absolute Gasteiger partial charge is 0.375 e. The molecule has 2 saturated heterocycles. The molecule has 104 valence electrons. The number of carbonyl (C=O) groups is 1. The Kier molecular flexibility index (Phi) is 4.19. The molecule has 0 radical (unpaired) electrons. The summed E-state index contributed by atoms with van der Waals surface area (Å²) in [6.45, 7) is 5.43. The van der Waals surface area contributed by atoms with Gasteiger partial charge in [-0.1, -0.05) is 6.42 Å². The lowest BCUT2D eigenvalue weighted by molar-refractivity contribution is -0.139. The average Bonchev–Trinajstić information content (AvgIpc) is 2.73. The lowest BCUT2D eigenvalue weighted by atomic mass is 9.68. The van der Waals surface area contributed by atoms with E-state index in [1.165, 1.54) is 25.7 Å². The van der Waals surface area contributed by atoms with Crippen LogP contribution in [0.3, 0.4) is 0 Å². The average molecular weight is 275 g/mol. The monoisotopic (exact) mass is 274 g/mol. The van der Waals surface area contributed by atoms with E-state index in [4.69, 9.17) is 4.74 Å². The normalized spacial score (nSPS) is 33.9. The van der Waals surface area contributed by atoms with Crippen molar-refractivity contribution >= 4 is 18.3 Å². The minimum Gasteiger partial charge on any atom is -0.375 e. The highest BCUT2D eigenvalue weighted by molar-refractivity contribution is 5.85. The van der Waals surface area contributed by atoms with E-state index in [1.807, 2.05) is 6.92 Å². The molecule has 5 heteroatoms. The number of morpholine rings is 1. The van der Waals surface area contributed by atoms with Gasteiger partial charge in [-0.2, -0.15) is 0 Å². The molecule has 1 spiro atoms. The van der Waals surface area contributed by atoms with Crippen molar-refractivity contribution in [1.82, 2.24) is 10.2 Å². The van der Waals surface area contributed by atoms with Crippen molar-refractivity contribution in [2.24, 2.45) is 5.41 Å². The molecular formula is C13H23ClN2O2. The van der Waals surface area contributed by atoms with Crippen LogP contribution in [0.15, 0.2) is 0 Å². The van der Waals surface area contributed by atoms with E-state index >= 15 is 0 Å². The maximum Gasteiger partial charge on any atom is 0.242 e. The highest BCUT2D eigenvalue weighted by atomic mass is 35.5. The molecule has 1 amide bonds. The third kappa shape index (κ3) is 2.38. The van der Waals surface area contributed by atoms with Gasteiger partial charge in [0.15, 0.2) is 0 Å². The van der Waals surface area contributed by atoms with Crippen molar-refractivity contribution in [2.45, 2.75) is 44.8 Å². The second-order valence-corrected chi connectivity index (χ2v) is 5.87. The topological polar surface area (TPSA) is 41.6 Å². The molecule has 2 heterocycles. The molecule has 2 atom stereocenters. The summed E-state index contributed by atoms with van der Waals surface area (Å²) in [5.74, 6) is 0.251. The Morgan fingerprint density at radius 3 is 2.72 bits per heavy atom. The molecule has 0 aromatic rings. The first-order chi connectivity index (χ1) is 8.20. The predicted molar refractivity (Wildman–Crippen MR) is 71.9 cm³/mol. The quantitative estimate of drug-likeness (QED) is 0.781.